The van der Waals surface area contributed by atoms with Gasteiger partial charge in [0.2, 0.25) is 0 Å². The Labute approximate surface area is 131 Å². The maximum Gasteiger partial charge on any atom is 0.417 e. The van der Waals surface area contributed by atoms with Gasteiger partial charge in [0.05, 0.1) is 11.3 Å². The summed E-state index contributed by atoms with van der Waals surface area (Å²) in [5.41, 5.74) is -0.0915. The van der Waals surface area contributed by atoms with Gasteiger partial charge in [-0.2, -0.15) is 13.2 Å². The summed E-state index contributed by atoms with van der Waals surface area (Å²) in [6.45, 7) is 3.28. The van der Waals surface area contributed by atoms with Gasteiger partial charge in [0.1, 0.15) is 5.82 Å². The third-order valence-electron chi connectivity index (χ3n) is 3.20. The van der Waals surface area contributed by atoms with E-state index in [2.05, 4.69) is 5.16 Å². The quantitative estimate of drug-likeness (QED) is 0.422. The third-order valence-corrected chi connectivity index (χ3v) is 3.20. The van der Waals surface area contributed by atoms with Gasteiger partial charge in [0.15, 0.2) is 5.75 Å². The smallest absolute Gasteiger partial charge is 0.357 e. The van der Waals surface area contributed by atoms with E-state index in [9.17, 15) is 17.6 Å². The van der Waals surface area contributed by atoms with Crippen molar-refractivity contribution in [3.05, 3.63) is 65.0 Å². The lowest BCUT2D eigenvalue weighted by Crippen LogP contribution is -2.14. The number of aryl methyl sites for hydroxylation is 1. The topological polar surface area (TPSA) is 21.6 Å². The molecule has 0 spiro atoms. The molecular formula is C17H15F4NO. The summed E-state index contributed by atoms with van der Waals surface area (Å²) in [6, 6.07) is 9.13. The van der Waals surface area contributed by atoms with Crippen molar-refractivity contribution in [3.8, 4) is 5.75 Å². The van der Waals surface area contributed by atoms with Crippen LogP contribution in [0.5, 0.6) is 5.75 Å². The fraction of sp³-hybridized carbons (Fsp3) is 0.235. The van der Waals surface area contributed by atoms with Crippen molar-refractivity contribution in [1.29, 1.82) is 0 Å². The molecule has 2 nitrogen and oxygen atoms in total. The van der Waals surface area contributed by atoms with Crippen molar-refractivity contribution in [2.75, 3.05) is 0 Å². The second-order valence-electron chi connectivity index (χ2n) is 4.98. The lowest BCUT2D eigenvalue weighted by atomic mass is 9.99. The third kappa shape index (κ3) is 4.31. The van der Waals surface area contributed by atoms with Crippen LogP contribution in [-0.4, -0.2) is 5.71 Å². The van der Waals surface area contributed by atoms with Crippen molar-refractivity contribution in [2.24, 2.45) is 5.16 Å². The van der Waals surface area contributed by atoms with E-state index >= 15 is 0 Å². The summed E-state index contributed by atoms with van der Waals surface area (Å²) in [7, 11) is 0. The van der Waals surface area contributed by atoms with Gasteiger partial charge < -0.3 is 4.84 Å². The van der Waals surface area contributed by atoms with Crippen LogP contribution in [0.4, 0.5) is 17.6 Å². The van der Waals surface area contributed by atoms with E-state index < -0.39 is 17.6 Å². The Morgan fingerprint density at radius 3 is 2.30 bits per heavy atom. The standard InChI is InChI=1S/C17H15F4NO/c1-3-16(22-23-13-7-5-12(18)6-8-13)14-9-4-11(2)10-15(14)17(19,20)21/h4-10H,3H2,1-2H3/b22-16+. The fourth-order valence-corrected chi connectivity index (χ4v) is 2.05. The molecule has 6 heteroatoms. The van der Waals surface area contributed by atoms with E-state index in [4.69, 9.17) is 4.84 Å². The molecule has 0 saturated carbocycles. The molecule has 0 fully saturated rings. The zero-order valence-corrected chi connectivity index (χ0v) is 12.6. The zero-order chi connectivity index (χ0) is 17.0. The Bertz CT molecular complexity index is 706. The molecule has 0 amide bonds. The number of oxime groups is 1. The Kier molecular flexibility index (Phi) is 5.03. The van der Waals surface area contributed by atoms with E-state index in [1.807, 2.05) is 0 Å². The first-order chi connectivity index (χ1) is 10.8. The van der Waals surface area contributed by atoms with Gasteiger partial charge in [-0.05, 0) is 43.7 Å². The highest BCUT2D eigenvalue weighted by molar-refractivity contribution is 6.01. The molecular weight excluding hydrogens is 310 g/mol. The number of rotatable bonds is 4. The molecule has 0 aliphatic heterocycles. The number of alkyl halides is 3. The van der Waals surface area contributed by atoms with Crippen molar-refractivity contribution in [2.45, 2.75) is 26.4 Å². The van der Waals surface area contributed by atoms with Gasteiger partial charge in [0.25, 0.3) is 0 Å². The molecule has 0 bridgehead atoms. The monoisotopic (exact) mass is 325 g/mol. The van der Waals surface area contributed by atoms with E-state index in [0.29, 0.717) is 5.56 Å². The molecule has 0 saturated heterocycles. The molecule has 2 rings (SSSR count). The second-order valence-corrected chi connectivity index (χ2v) is 4.98. The highest BCUT2D eigenvalue weighted by Crippen LogP contribution is 2.33. The van der Waals surface area contributed by atoms with Crippen LogP contribution < -0.4 is 4.84 Å². The number of nitrogens with zero attached hydrogens (tertiary/aromatic N) is 1. The summed E-state index contributed by atoms with van der Waals surface area (Å²) >= 11 is 0. The lowest BCUT2D eigenvalue weighted by molar-refractivity contribution is -0.137. The minimum absolute atomic E-state index is 0.0206. The van der Waals surface area contributed by atoms with Crippen LogP contribution in [0.2, 0.25) is 0 Å². The first kappa shape index (κ1) is 17.0. The summed E-state index contributed by atoms with van der Waals surface area (Å²) < 4.78 is 52.4. The minimum Gasteiger partial charge on any atom is -0.357 e. The van der Waals surface area contributed by atoms with Gasteiger partial charge >= 0.3 is 6.18 Å². The molecule has 0 aliphatic rings. The average Bonchev–Trinajstić information content (AvgIpc) is 2.49. The molecule has 2 aromatic carbocycles. The number of halogens is 4. The van der Waals surface area contributed by atoms with Crippen LogP contribution in [0.25, 0.3) is 0 Å². The molecule has 122 valence electrons. The predicted octanol–water partition coefficient (Wildman–Crippen LogP) is 5.35. The summed E-state index contributed by atoms with van der Waals surface area (Å²) in [4.78, 5) is 5.12. The minimum atomic E-state index is -4.48. The zero-order valence-electron chi connectivity index (χ0n) is 12.6. The number of hydrogen-bond acceptors (Lipinski definition) is 2. The van der Waals surface area contributed by atoms with Crippen molar-refractivity contribution in [3.63, 3.8) is 0 Å². The van der Waals surface area contributed by atoms with Crippen LogP contribution in [0.1, 0.15) is 30.0 Å². The highest BCUT2D eigenvalue weighted by Gasteiger charge is 2.34. The van der Waals surface area contributed by atoms with Crippen LogP contribution in [0, 0.1) is 12.7 Å². The molecule has 0 atom stereocenters. The average molecular weight is 325 g/mol. The van der Waals surface area contributed by atoms with Gasteiger partial charge in [-0.3, -0.25) is 0 Å². The maximum atomic E-state index is 13.2. The van der Waals surface area contributed by atoms with Crippen LogP contribution in [0.15, 0.2) is 47.6 Å². The largest absolute Gasteiger partial charge is 0.417 e. The molecule has 0 radical (unpaired) electrons. The summed E-state index contributed by atoms with van der Waals surface area (Å²) in [5.74, 6) is -0.187. The van der Waals surface area contributed by atoms with E-state index in [0.717, 1.165) is 6.07 Å². The molecule has 23 heavy (non-hydrogen) atoms. The lowest BCUT2D eigenvalue weighted by Gasteiger charge is -2.14. The summed E-state index contributed by atoms with van der Waals surface area (Å²) in [6.07, 6.45) is -4.22. The molecule has 0 aromatic heterocycles. The normalized spacial score (nSPS) is 12.3. The van der Waals surface area contributed by atoms with Gasteiger partial charge in [-0.25, -0.2) is 4.39 Å². The van der Waals surface area contributed by atoms with E-state index in [1.54, 1.807) is 19.9 Å². The first-order valence-electron chi connectivity index (χ1n) is 6.99. The van der Waals surface area contributed by atoms with Gasteiger partial charge in [-0.1, -0.05) is 29.8 Å². The second kappa shape index (κ2) is 6.81. The van der Waals surface area contributed by atoms with Gasteiger partial charge in [0, 0.05) is 5.56 Å². The van der Waals surface area contributed by atoms with Gasteiger partial charge in [-0.15, -0.1) is 0 Å². The molecule has 2 aromatic rings. The van der Waals surface area contributed by atoms with Crippen LogP contribution in [-0.2, 0) is 6.18 Å². The van der Waals surface area contributed by atoms with Crippen molar-refractivity contribution >= 4 is 5.71 Å². The van der Waals surface area contributed by atoms with E-state index in [-0.39, 0.29) is 23.4 Å². The van der Waals surface area contributed by atoms with E-state index in [1.165, 1.54) is 30.3 Å². The highest BCUT2D eigenvalue weighted by atomic mass is 19.4. The molecule has 0 heterocycles. The predicted molar refractivity (Wildman–Crippen MR) is 80.0 cm³/mol. The number of hydrogen-bond donors (Lipinski definition) is 0. The first-order valence-corrected chi connectivity index (χ1v) is 6.99. The fourth-order valence-electron chi connectivity index (χ4n) is 2.05. The molecule has 0 unspecified atom stereocenters. The Morgan fingerprint density at radius 2 is 1.74 bits per heavy atom. The molecule has 0 aliphatic carbocycles. The SMILES string of the molecule is CC/C(=N\Oc1ccc(F)cc1)c1ccc(C)cc1C(F)(F)F. The van der Waals surface area contributed by atoms with Crippen molar-refractivity contribution in [1.82, 2.24) is 0 Å². The molecule has 0 N–H and O–H groups in total. The Hall–Kier alpha value is -2.37. The van der Waals surface area contributed by atoms with Crippen LogP contribution in [0.3, 0.4) is 0 Å². The summed E-state index contributed by atoms with van der Waals surface area (Å²) in [5, 5.41) is 3.81. The van der Waals surface area contributed by atoms with Crippen molar-refractivity contribution < 1.29 is 22.4 Å². The Morgan fingerprint density at radius 1 is 1.09 bits per heavy atom. The van der Waals surface area contributed by atoms with Crippen LogP contribution >= 0.6 is 0 Å². The maximum absolute atomic E-state index is 13.2. The Balaban J connectivity index is 2.37. The number of benzene rings is 2.